The molecule has 1 amide bonds. The van der Waals surface area contributed by atoms with Crippen LogP contribution in [0.2, 0.25) is 0 Å². The van der Waals surface area contributed by atoms with Crippen LogP contribution in [0.1, 0.15) is 23.8 Å². The average Bonchev–Trinajstić information content (AvgIpc) is 3.29. The third-order valence-corrected chi connectivity index (χ3v) is 4.89. The molecule has 7 heteroatoms. The van der Waals surface area contributed by atoms with Crippen LogP contribution in [0.25, 0.3) is 10.2 Å². The molecule has 1 aliphatic carbocycles. The Bertz CT molecular complexity index is 942. The van der Waals surface area contributed by atoms with E-state index in [0.29, 0.717) is 11.6 Å². The number of thiazole rings is 1. The van der Waals surface area contributed by atoms with Crippen LogP contribution in [0.4, 0.5) is 5.69 Å². The Morgan fingerprint density at radius 3 is 3.04 bits per heavy atom. The van der Waals surface area contributed by atoms with Crippen molar-refractivity contribution in [3.05, 3.63) is 52.2 Å². The monoisotopic (exact) mass is 326 g/mol. The Morgan fingerprint density at radius 1 is 1.39 bits per heavy atom. The van der Waals surface area contributed by atoms with Gasteiger partial charge in [-0.2, -0.15) is 0 Å². The molecule has 3 aromatic rings. The number of anilines is 1. The summed E-state index contributed by atoms with van der Waals surface area (Å²) in [5, 5.41) is 4.00. The molecular formula is C16H14N4O2S. The molecule has 0 spiro atoms. The van der Waals surface area contributed by atoms with Gasteiger partial charge in [-0.05, 0) is 37.1 Å². The highest BCUT2D eigenvalue weighted by Gasteiger charge is 2.26. The Kier molecular flexibility index (Phi) is 3.42. The largest absolute Gasteiger partial charge is 0.347 e. The lowest BCUT2D eigenvalue weighted by Crippen LogP contribution is -2.28. The molecule has 0 radical (unpaired) electrons. The van der Waals surface area contributed by atoms with Gasteiger partial charge in [0.05, 0.1) is 15.2 Å². The zero-order chi connectivity index (χ0) is 15.8. The molecule has 0 atom stereocenters. The van der Waals surface area contributed by atoms with Crippen molar-refractivity contribution in [2.24, 2.45) is 0 Å². The summed E-state index contributed by atoms with van der Waals surface area (Å²) in [4.78, 5) is 31.9. The highest BCUT2D eigenvalue weighted by atomic mass is 32.1. The number of hydrogen-bond donors (Lipinski definition) is 1. The fourth-order valence-corrected chi connectivity index (χ4v) is 3.56. The van der Waals surface area contributed by atoms with Gasteiger partial charge >= 0.3 is 5.69 Å². The Labute approximate surface area is 135 Å². The molecule has 0 aliphatic heterocycles. The summed E-state index contributed by atoms with van der Waals surface area (Å²) in [6, 6.07) is 7.31. The molecule has 0 saturated heterocycles. The van der Waals surface area contributed by atoms with Gasteiger partial charge in [0.1, 0.15) is 6.54 Å². The number of carbonyl (C=O) groups is 1. The van der Waals surface area contributed by atoms with Gasteiger partial charge in [0.15, 0.2) is 0 Å². The van der Waals surface area contributed by atoms with Crippen molar-refractivity contribution >= 4 is 33.1 Å². The number of nitrogens with one attached hydrogen (secondary N) is 1. The molecule has 4 rings (SSSR count). The fourth-order valence-electron chi connectivity index (χ4n) is 2.39. The summed E-state index contributed by atoms with van der Waals surface area (Å²) in [5.74, 6) is 0.370. The topological polar surface area (TPSA) is 76.9 Å². The van der Waals surface area contributed by atoms with Crippen molar-refractivity contribution < 1.29 is 4.79 Å². The van der Waals surface area contributed by atoms with Gasteiger partial charge in [-0.3, -0.25) is 9.36 Å². The summed E-state index contributed by atoms with van der Waals surface area (Å²) in [6.07, 6.45) is 5.40. The third-order valence-electron chi connectivity index (χ3n) is 3.71. The molecule has 1 aromatic carbocycles. The van der Waals surface area contributed by atoms with E-state index in [4.69, 9.17) is 0 Å². The Balaban J connectivity index is 1.51. The van der Waals surface area contributed by atoms with E-state index in [1.165, 1.54) is 28.6 Å². The maximum absolute atomic E-state index is 12.1. The van der Waals surface area contributed by atoms with Crippen LogP contribution in [-0.4, -0.2) is 20.4 Å². The molecule has 1 aliphatic rings. The van der Waals surface area contributed by atoms with Gasteiger partial charge in [-0.25, -0.2) is 14.8 Å². The maximum atomic E-state index is 12.1. The smallest absolute Gasteiger partial charge is 0.324 e. The van der Waals surface area contributed by atoms with Crippen LogP contribution in [-0.2, 0) is 11.3 Å². The number of nitrogens with zero attached hydrogens (tertiary/aromatic N) is 3. The van der Waals surface area contributed by atoms with Crippen molar-refractivity contribution in [3.63, 3.8) is 0 Å². The minimum absolute atomic E-state index is 0.0548. The molecule has 23 heavy (non-hydrogen) atoms. The van der Waals surface area contributed by atoms with E-state index in [0.717, 1.165) is 10.2 Å². The molecule has 6 nitrogen and oxygen atoms in total. The normalized spacial score (nSPS) is 14.1. The van der Waals surface area contributed by atoms with E-state index in [1.54, 1.807) is 23.6 Å². The average molecular weight is 326 g/mol. The molecule has 1 N–H and O–H groups in total. The van der Waals surface area contributed by atoms with Crippen LogP contribution < -0.4 is 11.0 Å². The van der Waals surface area contributed by atoms with Crippen LogP contribution in [0.15, 0.2) is 41.5 Å². The molecular weight excluding hydrogens is 312 g/mol. The molecule has 2 heterocycles. The lowest BCUT2D eigenvalue weighted by Gasteiger charge is -2.06. The van der Waals surface area contributed by atoms with Crippen LogP contribution in [0.5, 0.6) is 0 Å². The second kappa shape index (κ2) is 5.58. The third kappa shape index (κ3) is 3.00. The zero-order valence-corrected chi connectivity index (χ0v) is 13.0. The number of carbonyl (C=O) groups excluding carboxylic acids is 1. The molecule has 1 saturated carbocycles. The minimum Gasteiger partial charge on any atom is -0.324 e. The quantitative estimate of drug-likeness (QED) is 0.798. The Hall–Kier alpha value is -2.54. The summed E-state index contributed by atoms with van der Waals surface area (Å²) in [6.45, 7) is -0.0548. The number of aromatic nitrogens is 3. The SMILES string of the molecule is O=C(Cn1cccnc1=O)Nc1ccc2nc(C3CC3)sc2c1. The highest BCUT2D eigenvalue weighted by Crippen LogP contribution is 2.43. The first kappa shape index (κ1) is 14.1. The van der Waals surface area contributed by atoms with Gasteiger partial charge in [0, 0.05) is 24.0 Å². The van der Waals surface area contributed by atoms with Crippen molar-refractivity contribution in [1.82, 2.24) is 14.5 Å². The van der Waals surface area contributed by atoms with Crippen LogP contribution in [0.3, 0.4) is 0 Å². The second-order valence-corrected chi connectivity index (χ2v) is 6.65. The Morgan fingerprint density at radius 2 is 2.26 bits per heavy atom. The van der Waals surface area contributed by atoms with E-state index in [1.807, 2.05) is 18.2 Å². The molecule has 0 bridgehead atoms. The maximum Gasteiger partial charge on any atom is 0.347 e. The lowest BCUT2D eigenvalue weighted by atomic mass is 10.3. The van der Waals surface area contributed by atoms with Crippen molar-refractivity contribution in [2.75, 3.05) is 5.32 Å². The van der Waals surface area contributed by atoms with E-state index in [2.05, 4.69) is 15.3 Å². The van der Waals surface area contributed by atoms with Gasteiger partial charge in [0.2, 0.25) is 5.91 Å². The molecule has 116 valence electrons. The first-order chi connectivity index (χ1) is 11.2. The number of fused-ring (bicyclic) bond motifs is 1. The minimum atomic E-state index is -0.436. The standard InChI is InChI=1S/C16H14N4O2S/c21-14(9-20-7-1-6-17-16(20)22)18-11-4-5-12-13(8-11)23-15(19-12)10-2-3-10/h1,4-8,10H,2-3,9H2,(H,18,21). The van der Waals surface area contributed by atoms with E-state index < -0.39 is 5.69 Å². The predicted octanol–water partition coefficient (Wildman–Crippen LogP) is 2.37. The lowest BCUT2D eigenvalue weighted by molar-refractivity contribution is -0.116. The van der Waals surface area contributed by atoms with Gasteiger partial charge in [-0.1, -0.05) is 0 Å². The van der Waals surface area contributed by atoms with Crippen molar-refractivity contribution in [1.29, 1.82) is 0 Å². The summed E-state index contributed by atoms with van der Waals surface area (Å²) >= 11 is 1.69. The molecule has 1 fully saturated rings. The summed E-state index contributed by atoms with van der Waals surface area (Å²) in [7, 11) is 0. The van der Waals surface area contributed by atoms with Crippen molar-refractivity contribution in [2.45, 2.75) is 25.3 Å². The van der Waals surface area contributed by atoms with Gasteiger partial charge in [0.25, 0.3) is 0 Å². The number of amides is 1. The number of rotatable bonds is 4. The predicted molar refractivity (Wildman–Crippen MR) is 88.7 cm³/mol. The first-order valence-corrected chi connectivity index (χ1v) is 8.22. The van der Waals surface area contributed by atoms with E-state index in [9.17, 15) is 9.59 Å². The van der Waals surface area contributed by atoms with Gasteiger partial charge < -0.3 is 5.32 Å². The summed E-state index contributed by atoms with van der Waals surface area (Å²) in [5.41, 5.74) is 1.25. The number of hydrogen-bond acceptors (Lipinski definition) is 5. The molecule has 2 aromatic heterocycles. The zero-order valence-electron chi connectivity index (χ0n) is 12.2. The van der Waals surface area contributed by atoms with Crippen LogP contribution >= 0.6 is 11.3 Å². The fraction of sp³-hybridized carbons (Fsp3) is 0.250. The molecule has 0 unspecified atom stereocenters. The van der Waals surface area contributed by atoms with E-state index >= 15 is 0 Å². The van der Waals surface area contributed by atoms with E-state index in [-0.39, 0.29) is 12.5 Å². The van der Waals surface area contributed by atoms with Crippen LogP contribution in [0, 0.1) is 0 Å². The highest BCUT2D eigenvalue weighted by molar-refractivity contribution is 7.18. The van der Waals surface area contributed by atoms with Gasteiger partial charge in [-0.15, -0.1) is 11.3 Å². The first-order valence-electron chi connectivity index (χ1n) is 7.41. The second-order valence-electron chi connectivity index (χ2n) is 5.59. The number of benzene rings is 1. The summed E-state index contributed by atoms with van der Waals surface area (Å²) < 4.78 is 2.34. The van der Waals surface area contributed by atoms with Crippen molar-refractivity contribution in [3.8, 4) is 0 Å².